The standard InChI is InChI=1S/C25H38N2O6S/c1-18-14-27(19(2)17-28)34(30,31)25-8-7-21(6-5-20(3)29)13-23(25)33-24(18)16-26(4)15-22-9-11-32-12-10-22/h7-8,13,18-20,22,24,28-29H,9-12,14-17H2,1-4H3/t18-,19-,20+,24-/m1/s1. The Morgan fingerprint density at radius 2 is 1.94 bits per heavy atom. The monoisotopic (exact) mass is 494 g/mol. The molecule has 1 aromatic carbocycles. The third kappa shape index (κ3) is 6.72. The smallest absolute Gasteiger partial charge is 0.247 e. The number of ether oxygens (including phenoxy) is 2. The second-order valence-corrected chi connectivity index (χ2v) is 11.5. The van der Waals surface area contributed by atoms with Crippen molar-refractivity contribution in [3.8, 4) is 17.6 Å². The van der Waals surface area contributed by atoms with Crippen LogP contribution in [0.2, 0.25) is 0 Å². The molecule has 0 bridgehead atoms. The van der Waals surface area contributed by atoms with Gasteiger partial charge in [-0.25, -0.2) is 8.42 Å². The third-order valence-electron chi connectivity index (χ3n) is 6.49. The van der Waals surface area contributed by atoms with Crippen molar-refractivity contribution < 1.29 is 28.1 Å². The minimum atomic E-state index is -3.89. The summed E-state index contributed by atoms with van der Waals surface area (Å²) in [7, 11) is -1.82. The Morgan fingerprint density at radius 1 is 1.24 bits per heavy atom. The van der Waals surface area contributed by atoms with Gasteiger partial charge in [-0.05, 0) is 57.9 Å². The van der Waals surface area contributed by atoms with Crippen molar-refractivity contribution >= 4 is 10.0 Å². The highest BCUT2D eigenvalue weighted by molar-refractivity contribution is 7.89. The van der Waals surface area contributed by atoms with Gasteiger partial charge in [-0.3, -0.25) is 0 Å². The number of likely N-dealkylation sites (N-methyl/N-ethyl adjacent to an activating group) is 1. The summed E-state index contributed by atoms with van der Waals surface area (Å²) in [6.45, 7) is 8.41. The summed E-state index contributed by atoms with van der Waals surface area (Å²) in [5.74, 6) is 6.28. The molecule has 2 aliphatic heterocycles. The maximum absolute atomic E-state index is 13.5. The Balaban J connectivity index is 1.94. The summed E-state index contributed by atoms with van der Waals surface area (Å²) < 4.78 is 40.3. The Morgan fingerprint density at radius 3 is 2.59 bits per heavy atom. The van der Waals surface area contributed by atoms with Crippen molar-refractivity contribution in [3.05, 3.63) is 23.8 Å². The average molecular weight is 495 g/mol. The van der Waals surface area contributed by atoms with Crippen LogP contribution in [-0.2, 0) is 14.8 Å². The van der Waals surface area contributed by atoms with Gasteiger partial charge < -0.3 is 24.6 Å². The summed E-state index contributed by atoms with van der Waals surface area (Å²) in [5.41, 5.74) is 0.569. The zero-order valence-electron chi connectivity index (χ0n) is 20.6. The highest BCUT2D eigenvalue weighted by atomic mass is 32.2. The Hall–Kier alpha value is -1.67. The van der Waals surface area contributed by atoms with Crippen molar-refractivity contribution in [2.45, 2.75) is 56.8 Å². The molecule has 2 N–H and O–H groups in total. The van der Waals surface area contributed by atoms with Gasteiger partial charge >= 0.3 is 0 Å². The maximum Gasteiger partial charge on any atom is 0.247 e. The van der Waals surface area contributed by atoms with Crippen molar-refractivity contribution in [1.29, 1.82) is 0 Å². The molecule has 1 aromatic rings. The lowest BCUT2D eigenvalue weighted by atomic mass is 9.98. The fourth-order valence-electron chi connectivity index (χ4n) is 4.46. The van der Waals surface area contributed by atoms with Crippen LogP contribution in [0.3, 0.4) is 0 Å². The quantitative estimate of drug-likeness (QED) is 0.579. The van der Waals surface area contributed by atoms with Crippen LogP contribution in [0.4, 0.5) is 0 Å². The van der Waals surface area contributed by atoms with E-state index in [4.69, 9.17) is 9.47 Å². The molecule has 2 aliphatic rings. The highest BCUT2D eigenvalue weighted by Crippen LogP contribution is 2.34. The van der Waals surface area contributed by atoms with E-state index in [1.165, 1.54) is 10.4 Å². The molecule has 0 saturated carbocycles. The van der Waals surface area contributed by atoms with Crippen LogP contribution in [0.1, 0.15) is 39.2 Å². The summed E-state index contributed by atoms with van der Waals surface area (Å²) in [6, 6.07) is 4.20. The van der Waals surface area contributed by atoms with E-state index >= 15 is 0 Å². The van der Waals surface area contributed by atoms with Crippen molar-refractivity contribution in [2.75, 3.05) is 46.5 Å². The molecule has 9 heteroatoms. The van der Waals surface area contributed by atoms with Crippen LogP contribution in [0.25, 0.3) is 0 Å². The van der Waals surface area contributed by atoms with E-state index in [0.29, 0.717) is 18.0 Å². The van der Waals surface area contributed by atoms with Crippen LogP contribution in [0.15, 0.2) is 23.1 Å². The highest BCUT2D eigenvalue weighted by Gasteiger charge is 2.38. The van der Waals surface area contributed by atoms with Gasteiger partial charge in [-0.1, -0.05) is 18.8 Å². The lowest BCUT2D eigenvalue weighted by Gasteiger charge is -2.38. The van der Waals surface area contributed by atoms with Crippen LogP contribution in [-0.4, -0.2) is 92.6 Å². The minimum Gasteiger partial charge on any atom is -0.487 e. The summed E-state index contributed by atoms with van der Waals surface area (Å²) in [4.78, 5) is 2.32. The first-order valence-corrected chi connectivity index (χ1v) is 13.4. The van der Waals surface area contributed by atoms with Gasteiger partial charge in [0.05, 0.1) is 6.61 Å². The normalized spacial score (nSPS) is 25.3. The fraction of sp³-hybridized carbons (Fsp3) is 0.680. The predicted molar refractivity (Wildman–Crippen MR) is 130 cm³/mol. The molecule has 0 spiro atoms. The molecule has 1 saturated heterocycles. The second-order valence-electron chi connectivity index (χ2n) is 9.62. The average Bonchev–Trinajstić information content (AvgIpc) is 2.80. The molecule has 34 heavy (non-hydrogen) atoms. The minimum absolute atomic E-state index is 0.0689. The van der Waals surface area contributed by atoms with Gasteiger partial charge in [0.2, 0.25) is 10.0 Å². The number of rotatable bonds is 6. The van der Waals surface area contributed by atoms with E-state index in [1.807, 2.05) is 6.92 Å². The number of hydrogen-bond acceptors (Lipinski definition) is 7. The maximum atomic E-state index is 13.5. The van der Waals surface area contributed by atoms with Gasteiger partial charge in [0.15, 0.2) is 0 Å². The fourth-order valence-corrected chi connectivity index (χ4v) is 6.29. The molecule has 0 aliphatic carbocycles. The molecule has 8 nitrogen and oxygen atoms in total. The Labute approximate surface area is 203 Å². The number of sulfonamides is 1. The first-order valence-electron chi connectivity index (χ1n) is 12.0. The van der Waals surface area contributed by atoms with E-state index in [1.54, 1.807) is 26.0 Å². The summed E-state index contributed by atoms with van der Waals surface area (Å²) in [5, 5.41) is 19.3. The molecular formula is C25H38N2O6S. The van der Waals surface area contributed by atoms with E-state index < -0.39 is 22.2 Å². The van der Waals surface area contributed by atoms with Gasteiger partial charge in [-0.15, -0.1) is 0 Å². The molecule has 0 radical (unpaired) electrons. The topological polar surface area (TPSA) is 99.5 Å². The van der Waals surface area contributed by atoms with Crippen LogP contribution < -0.4 is 4.74 Å². The SMILES string of the molecule is C[C@H](O)C#Cc1ccc2c(c1)O[C@H](CN(C)CC1CCOCC1)[C@H](C)CN([C@H](C)CO)S2(=O)=O. The molecule has 0 unspecified atom stereocenters. The van der Waals surface area contributed by atoms with Gasteiger partial charge in [-0.2, -0.15) is 4.31 Å². The van der Waals surface area contributed by atoms with Crippen molar-refractivity contribution in [1.82, 2.24) is 9.21 Å². The first kappa shape index (κ1) is 26.9. The van der Waals surface area contributed by atoms with Gasteiger partial charge in [0.25, 0.3) is 0 Å². The molecule has 4 atom stereocenters. The van der Waals surface area contributed by atoms with E-state index in [0.717, 1.165) is 32.6 Å². The summed E-state index contributed by atoms with van der Waals surface area (Å²) >= 11 is 0. The first-order chi connectivity index (χ1) is 16.1. The Bertz CT molecular complexity index is 981. The molecule has 3 rings (SSSR count). The number of fused-ring (bicyclic) bond motifs is 1. The van der Waals surface area contributed by atoms with E-state index in [2.05, 4.69) is 23.8 Å². The molecule has 0 aromatic heterocycles. The third-order valence-corrected chi connectivity index (χ3v) is 8.51. The number of aliphatic hydroxyl groups excluding tert-OH is 2. The molecule has 190 valence electrons. The van der Waals surface area contributed by atoms with Crippen molar-refractivity contribution in [2.24, 2.45) is 11.8 Å². The van der Waals surface area contributed by atoms with Crippen molar-refractivity contribution in [3.63, 3.8) is 0 Å². The number of nitrogens with zero attached hydrogens (tertiary/aromatic N) is 2. The number of aliphatic hydroxyl groups is 2. The lowest BCUT2D eigenvalue weighted by molar-refractivity contribution is 0.0402. The van der Waals surface area contributed by atoms with Crippen LogP contribution in [0, 0.1) is 23.7 Å². The largest absolute Gasteiger partial charge is 0.487 e. The zero-order valence-corrected chi connectivity index (χ0v) is 21.4. The van der Waals surface area contributed by atoms with E-state index in [9.17, 15) is 18.6 Å². The van der Waals surface area contributed by atoms with Crippen LogP contribution >= 0.6 is 0 Å². The lowest BCUT2D eigenvalue weighted by Crippen LogP contribution is -2.50. The van der Waals surface area contributed by atoms with E-state index in [-0.39, 0.29) is 35.8 Å². The predicted octanol–water partition coefficient (Wildman–Crippen LogP) is 1.55. The molecule has 2 heterocycles. The molecular weight excluding hydrogens is 456 g/mol. The summed E-state index contributed by atoms with van der Waals surface area (Å²) in [6.07, 6.45) is 1.03. The molecule has 1 fully saturated rings. The number of benzene rings is 1. The Kier molecular flexibility index (Phi) is 9.38. The molecule has 0 amide bonds. The zero-order chi connectivity index (χ0) is 24.9. The number of hydrogen-bond donors (Lipinski definition) is 2. The van der Waals surface area contributed by atoms with Gasteiger partial charge in [0.1, 0.15) is 22.9 Å². The van der Waals surface area contributed by atoms with Crippen LogP contribution in [0.5, 0.6) is 5.75 Å². The second kappa shape index (κ2) is 11.8. The van der Waals surface area contributed by atoms with Gasteiger partial charge in [0, 0.05) is 50.4 Å².